The minimum Gasteiger partial charge on any atom is -0.462 e. The molecule has 2 fully saturated rings. The van der Waals surface area contributed by atoms with E-state index in [0.29, 0.717) is 10.6 Å². The Bertz CT molecular complexity index is 824. The number of carbonyl (C=O) groups is 3. The highest BCUT2D eigenvalue weighted by Crippen LogP contribution is 2.54. The first kappa shape index (κ1) is 16.2. The van der Waals surface area contributed by atoms with Crippen LogP contribution in [0, 0.1) is 23.7 Å². The van der Waals surface area contributed by atoms with Gasteiger partial charge in [-0.25, -0.2) is 9.69 Å². The molecule has 1 aromatic heterocycles. The number of hydrogen-bond donors (Lipinski definition) is 0. The molecular formula is C20H21NO4S. The van der Waals surface area contributed by atoms with Crippen LogP contribution in [0.5, 0.6) is 0 Å². The van der Waals surface area contributed by atoms with Crippen LogP contribution in [0.1, 0.15) is 47.0 Å². The van der Waals surface area contributed by atoms with Crippen LogP contribution < -0.4 is 4.90 Å². The monoisotopic (exact) mass is 371 g/mol. The molecule has 6 heteroatoms. The van der Waals surface area contributed by atoms with Crippen molar-refractivity contribution in [2.45, 2.75) is 39.0 Å². The molecule has 4 aliphatic rings. The van der Waals surface area contributed by atoms with E-state index in [9.17, 15) is 14.4 Å². The van der Waals surface area contributed by atoms with Crippen LogP contribution in [0.3, 0.4) is 0 Å². The number of rotatable bonds is 3. The Morgan fingerprint density at radius 3 is 2.46 bits per heavy atom. The lowest BCUT2D eigenvalue weighted by molar-refractivity contribution is -0.123. The molecule has 1 aromatic rings. The molecule has 2 bridgehead atoms. The Kier molecular flexibility index (Phi) is 3.61. The van der Waals surface area contributed by atoms with Gasteiger partial charge < -0.3 is 4.74 Å². The van der Waals surface area contributed by atoms with Crippen molar-refractivity contribution in [3.63, 3.8) is 0 Å². The van der Waals surface area contributed by atoms with Crippen molar-refractivity contribution in [1.82, 2.24) is 0 Å². The van der Waals surface area contributed by atoms with Crippen LogP contribution >= 0.6 is 11.3 Å². The SMILES string of the molecule is CCOC(=O)c1c(N2C(=O)[C@@H]3[C@@H](C2=O)[C@H]2C=C[C@H]3C2)sc2c1CCCC2. The van der Waals surface area contributed by atoms with E-state index < -0.39 is 5.97 Å². The number of carbonyl (C=O) groups excluding carboxylic acids is 3. The molecular weight excluding hydrogens is 350 g/mol. The maximum atomic E-state index is 13.2. The highest BCUT2D eigenvalue weighted by atomic mass is 32.1. The number of ether oxygens (including phenoxy) is 1. The van der Waals surface area contributed by atoms with Gasteiger partial charge in [-0.3, -0.25) is 9.59 Å². The van der Waals surface area contributed by atoms with Gasteiger partial charge in [0.15, 0.2) is 0 Å². The Hall–Kier alpha value is -1.95. The molecule has 0 radical (unpaired) electrons. The average molecular weight is 371 g/mol. The number of thiophene rings is 1. The third-order valence-electron chi connectivity index (χ3n) is 6.31. The zero-order valence-electron chi connectivity index (χ0n) is 14.7. The molecule has 1 aliphatic heterocycles. The van der Waals surface area contributed by atoms with Crippen LogP contribution in [-0.4, -0.2) is 24.4 Å². The molecule has 2 amide bonds. The summed E-state index contributed by atoms with van der Waals surface area (Å²) in [7, 11) is 0. The summed E-state index contributed by atoms with van der Waals surface area (Å²) in [6, 6.07) is 0. The van der Waals surface area contributed by atoms with Gasteiger partial charge in [-0.2, -0.15) is 0 Å². The predicted molar refractivity (Wildman–Crippen MR) is 97.1 cm³/mol. The summed E-state index contributed by atoms with van der Waals surface area (Å²) in [5.74, 6) is -0.792. The van der Waals surface area contributed by atoms with Gasteiger partial charge in [0.05, 0.1) is 24.0 Å². The Labute approximate surface area is 156 Å². The standard InChI is InChI=1S/C20H21NO4S/c1-2-25-20(24)16-12-5-3-4-6-13(12)26-19(16)21-17(22)14-10-7-8-11(9-10)15(14)18(21)23/h7-8,10-11,14-15H,2-6,9H2,1H3/t10-,11-,14-,15-/m0/s1. The molecule has 5 nitrogen and oxygen atoms in total. The zero-order chi connectivity index (χ0) is 18.0. The smallest absolute Gasteiger partial charge is 0.341 e. The minimum absolute atomic E-state index is 0.124. The van der Waals surface area contributed by atoms with Crippen molar-refractivity contribution in [2.24, 2.45) is 23.7 Å². The largest absolute Gasteiger partial charge is 0.462 e. The number of imide groups is 1. The first-order chi connectivity index (χ1) is 12.6. The topological polar surface area (TPSA) is 63.7 Å². The molecule has 5 rings (SSSR count). The van der Waals surface area contributed by atoms with Gasteiger partial charge in [-0.1, -0.05) is 12.2 Å². The maximum Gasteiger partial charge on any atom is 0.341 e. The van der Waals surface area contributed by atoms with Crippen molar-refractivity contribution in [1.29, 1.82) is 0 Å². The summed E-state index contributed by atoms with van der Waals surface area (Å²) in [5, 5.41) is 0.513. The van der Waals surface area contributed by atoms with Crippen molar-refractivity contribution in [3.05, 3.63) is 28.2 Å². The number of anilines is 1. The minimum atomic E-state index is -0.402. The third kappa shape index (κ3) is 2.05. The Morgan fingerprint density at radius 1 is 1.15 bits per heavy atom. The van der Waals surface area contributed by atoms with Gasteiger partial charge in [-0.05, 0) is 56.4 Å². The number of fused-ring (bicyclic) bond motifs is 6. The van der Waals surface area contributed by atoms with Gasteiger partial charge in [0, 0.05) is 4.88 Å². The van der Waals surface area contributed by atoms with E-state index in [-0.39, 0.29) is 42.1 Å². The quantitative estimate of drug-likeness (QED) is 0.465. The fraction of sp³-hybridized carbons (Fsp3) is 0.550. The highest BCUT2D eigenvalue weighted by Gasteiger charge is 2.60. The molecule has 2 heterocycles. The number of amides is 2. The number of esters is 1. The van der Waals surface area contributed by atoms with Crippen molar-refractivity contribution < 1.29 is 19.1 Å². The molecule has 0 aromatic carbocycles. The number of allylic oxidation sites excluding steroid dienone is 2. The summed E-state index contributed by atoms with van der Waals surface area (Å²) < 4.78 is 5.28. The molecule has 0 spiro atoms. The van der Waals surface area contributed by atoms with E-state index in [1.165, 1.54) is 16.2 Å². The Balaban J connectivity index is 1.60. The molecule has 3 aliphatic carbocycles. The van der Waals surface area contributed by atoms with Gasteiger partial charge in [0.2, 0.25) is 11.8 Å². The predicted octanol–water partition coefficient (Wildman–Crippen LogP) is 3.12. The fourth-order valence-electron chi connectivity index (χ4n) is 5.23. The number of nitrogens with zero attached hydrogens (tertiary/aromatic N) is 1. The molecule has 0 N–H and O–H groups in total. The second-order valence-electron chi connectivity index (χ2n) is 7.62. The molecule has 26 heavy (non-hydrogen) atoms. The summed E-state index contributed by atoms with van der Waals surface area (Å²) in [5.41, 5.74) is 1.46. The maximum absolute atomic E-state index is 13.2. The zero-order valence-corrected chi connectivity index (χ0v) is 15.5. The van der Waals surface area contributed by atoms with Crippen molar-refractivity contribution >= 4 is 34.1 Å². The lowest BCUT2D eigenvalue weighted by Crippen LogP contribution is -2.33. The third-order valence-corrected chi connectivity index (χ3v) is 7.58. The van der Waals surface area contributed by atoms with Gasteiger partial charge in [-0.15, -0.1) is 11.3 Å². The highest BCUT2D eigenvalue weighted by molar-refractivity contribution is 7.17. The molecule has 136 valence electrons. The van der Waals surface area contributed by atoms with Crippen LogP contribution in [-0.2, 0) is 27.2 Å². The first-order valence-electron chi connectivity index (χ1n) is 9.49. The molecule has 1 saturated carbocycles. The van der Waals surface area contributed by atoms with E-state index >= 15 is 0 Å². The van der Waals surface area contributed by atoms with Crippen LogP contribution in [0.15, 0.2) is 12.2 Å². The summed E-state index contributed by atoms with van der Waals surface area (Å²) >= 11 is 1.45. The Morgan fingerprint density at radius 2 is 1.81 bits per heavy atom. The number of hydrogen-bond acceptors (Lipinski definition) is 5. The average Bonchev–Trinajstić information content (AvgIpc) is 3.37. The normalized spacial score (nSPS) is 31.5. The van der Waals surface area contributed by atoms with Crippen molar-refractivity contribution in [3.8, 4) is 0 Å². The van der Waals surface area contributed by atoms with Gasteiger partial charge in [0.25, 0.3) is 0 Å². The van der Waals surface area contributed by atoms with E-state index in [4.69, 9.17) is 4.74 Å². The van der Waals surface area contributed by atoms with E-state index in [1.807, 2.05) is 0 Å². The second kappa shape index (κ2) is 5.78. The van der Waals surface area contributed by atoms with E-state index in [0.717, 1.165) is 42.5 Å². The van der Waals surface area contributed by atoms with Crippen LogP contribution in [0.25, 0.3) is 0 Å². The number of aryl methyl sites for hydroxylation is 1. The lowest BCUT2D eigenvalue weighted by Gasteiger charge is -2.17. The fourth-order valence-corrected chi connectivity index (χ4v) is 6.61. The second-order valence-corrected chi connectivity index (χ2v) is 8.71. The summed E-state index contributed by atoms with van der Waals surface area (Å²) in [6.07, 6.45) is 8.91. The molecule has 0 unspecified atom stereocenters. The van der Waals surface area contributed by atoms with Crippen LogP contribution in [0.2, 0.25) is 0 Å². The summed E-state index contributed by atoms with van der Waals surface area (Å²) in [4.78, 5) is 41.5. The van der Waals surface area contributed by atoms with Crippen molar-refractivity contribution in [2.75, 3.05) is 11.5 Å². The molecule has 1 saturated heterocycles. The van der Waals surface area contributed by atoms with Gasteiger partial charge in [0.1, 0.15) is 5.00 Å². The van der Waals surface area contributed by atoms with Gasteiger partial charge >= 0.3 is 5.97 Å². The van der Waals surface area contributed by atoms with Crippen LogP contribution in [0.4, 0.5) is 5.00 Å². The molecule has 4 atom stereocenters. The lowest BCUT2D eigenvalue weighted by atomic mass is 9.85. The van der Waals surface area contributed by atoms with E-state index in [1.54, 1.807) is 6.92 Å². The van der Waals surface area contributed by atoms with E-state index in [2.05, 4.69) is 12.2 Å². The summed E-state index contributed by atoms with van der Waals surface area (Å²) in [6.45, 7) is 2.06. The first-order valence-corrected chi connectivity index (χ1v) is 10.3.